The Labute approximate surface area is 83.8 Å². The normalized spacial score (nSPS) is 11.4. The van der Waals surface area contributed by atoms with Gasteiger partial charge in [0.05, 0.1) is 6.42 Å². The van der Waals surface area contributed by atoms with E-state index in [4.69, 9.17) is 5.11 Å². The first kappa shape index (κ1) is 10.7. The van der Waals surface area contributed by atoms with Crippen LogP contribution in [0.3, 0.4) is 0 Å². The number of carboxylic acid groups (broad SMARTS) is 1. The van der Waals surface area contributed by atoms with Crippen LogP contribution in [-0.2, 0) is 10.2 Å². The minimum absolute atomic E-state index is 0.125. The summed E-state index contributed by atoms with van der Waals surface area (Å²) in [6.07, 6.45) is 3.59. The average molecular weight is 193 g/mol. The largest absolute Gasteiger partial charge is 0.481 e. The molecule has 1 heterocycles. The summed E-state index contributed by atoms with van der Waals surface area (Å²) in [5.74, 6) is -0.779. The number of nitrogens with zero attached hydrogens (tertiary/aromatic N) is 1. The molecule has 0 aliphatic heterocycles. The Kier molecular flexibility index (Phi) is 2.89. The fraction of sp³-hybridized carbons (Fsp3) is 0.455. The standard InChI is InChI=1S/C11H15NO2/c1-8-4-5-12-7-9(8)11(2,3)6-10(13)14/h4-5,7H,6H2,1-3H3,(H,13,14). The maximum absolute atomic E-state index is 10.7. The summed E-state index contributed by atoms with van der Waals surface area (Å²) < 4.78 is 0. The predicted octanol–water partition coefficient (Wildman–Crippen LogP) is 2.14. The number of aliphatic carboxylic acids is 1. The van der Waals surface area contributed by atoms with Gasteiger partial charge in [0.15, 0.2) is 0 Å². The highest BCUT2D eigenvalue weighted by molar-refractivity contribution is 5.69. The molecule has 1 N–H and O–H groups in total. The first-order valence-electron chi connectivity index (χ1n) is 4.56. The third kappa shape index (κ3) is 2.31. The number of hydrogen-bond donors (Lipinski definition) is 1. The summed E-state index contributed by atoms with van der Waals surface area (Å²) in [4.78, 5) is 14.7. The molecule has 0 aromatic carbocycles. The zero-order valence-electron chi connectivity index (χ0n) is 8.74. The highest BCUT2D eigenvalue weighted by Gasteiger charge is 2.25. The average Bonchev–Trinajstić information content (AvgIpc) is 2.02. The van der Waals surface area contributed by atoms with Gasteiger partial charge in [0, 0.05) is 17.8 Å². The van der Waals surface area contributed by atoms with E-state index in [-0.39, 0.29) is 11.8 Å². The number of rotatable bonds is 3. The zero-order valence-corrected chi connectivity index (χ0v) is 8.74. The fourth-order valence-electron chi connectivity index (χ4n) is 1.65. The van der Waals surface area contributed by atoms with E-state index >= 15 is 0 Å². The van der Waals surface area contributed by atoms with E-state index in [0.717, 1.165) is 11.1 Å². The topological polar surface area (TPSA) is 50.2 Å². The first-order valence-corrected chi connectivity index (χ1v) is 4.56. The van der Waals surface area contributed by atoms with Crippen molar-refractivity contribution in [2.24, 2.45) is 0 Å². The molecule has 0 unspecified atom stereocenters. The van der Waals surface area contributed by atoms with E-state index in [1.54, 1.807) is 12.4 Å². The number of aryl methyl sites for hydroxylation is 1. The van der Waals surface area contributed by atoms with Crippen molar-refractivity contribution in [1.82, 2.24) is 4.98 Å². The lowest BCUT2D eigenvalue weighted by atomic mass is 9.80. The summed E-state index contributed by atoms with van der Waals surface area (Å²) in [5, 5.41) is 8.78. The summed E-state index contributed by atoms with van der Waals surface area (Å²) in [6.45, 7) is 5.82. The van der Waals surface area contributed by atoms with Crippen LogP contribution in [0.5, 0.6) is 0 Å². The molecule has 14 heavy (non-hydrogen) atoms. The van der Waals surface area contributed by atoms with Crippen LogP contribution in [0, 0.1) is 6.92 Å². The van der Waals surface area contributed by atoms with E-state index in [1.807, 2.05) is 26.8 Å². The molecule has 1 aromatic rings. The zero-order chi connectivity index (χ0) is 10.8. The molecule has 0 aliphatic rings. The summed E-state index contributed by atoms with van der Waals surface area (Å²) >= 11 is 0. The van der Waals surface area contributed by atoms with Crippen molar-refractivity contribution in [1.29, 1.82) is 0 Å². The van der Waals surface area contributed by atoms with Crippen molar-refractivity contribution in [2.45, 2.75) is 32.6 Å². The molecule has 0 radical (unpaired) electrons. The van der Waals surface area contributed by atoms with Crippen LogP contribution in [0.2, 0.25) is 0 Å². The molecular weight excluding hydrogens is 178 g/mol. The van der Waals surface area contributed by atoms with E-state index in [2.05, 4.69) is 4.98 Å². The quantitative estimate of drug-likeness (QED) is 0.800. The molecule has 0 aliphatic carbocycles. The van der Waals surface area contributed by atoms with Gasteiger partial charge in [-0.15, -0.1) is 0 Å². The maximum Gasteiger partial charge on any atom is 0.304 e. The van der Waals surface area contributed by atoms with Gasteiger partial charge < -0.3 is 5.11 Å². The van der Waals surface area contributed by atoms with Crippen molar-refractivity contribution >= 4 is 5.97 Å². The molecule has 1 aromatic heterocycles. The summed E-state index contributed by atoms with van der Waals surface area (Å²) in [7, 11) is 0. The lowest BCUT2D eigenvalue weighted by Gasteiger charge is -2.24. The van der Waals surface area contributed by atoms with Gasteiger partial charge in [-0.3, -0.25) is 9.78 Å². The molecule has 3 heteroatoms. The van der Waals surface area contributed by atoms with E-state index in [0.29, 0.717) is 0 Å². The number of pyridine rings is 1. The van der Waals surface area contributed by atoms with Gasteiger partial charge in [0.2, 0.25) is 0 Å². The van der Waals surface area contributed by atoms with Crippen molar-refractivity contribution < 1.29 is 9.90 Å². The van der Waals surface area contributed by atoms with Gasteiger partial charge in [0.1, 0.15) is 0 Å². The van der Waals surface area contributed by atoms with Crippen LogP contribution in [-0.4, -0.2) is 16.1 Å². The second-order valence-corrected chi connectivity index (χ2v) is 4.14. The number of carbonyl (C=O) groups is 1. The Bertz CT molecular complexity index is 345. The second kappa shape index (κ2) is 3.78. The SMILES string of the molecule is Cc1ccncc1C(C)(C)CC(=O)O. The van der Waals surface area contributed by atoms with Crippen molar-refractivity contribution in [3.8, 4) is 0 Å². The van der Waals surface area contributed by atoms with Crippen LogP contribution in [0.4, 0.5) is 0 Å². The Balaban J connectivity index is 3.03. The van der Waals surface area contributed by atoms with Gasteiger partial charge in [0.25, 0.3) is 0 Å². The molecule has 0 saturated carbocycles. The van der Waals surface area contributed by atoms with Crippen LogP contribution in [0.1, 0.15) is 31.4 Å². The molecule has 0 amide bonds. The number of carboxylic acids is 1. The van der Waals surface area contributed by atoms with Crippen molar-refractivity contribution in [2.75, 3.05) is 0 Å². The highest BCUT2D eigenvalue weighted by atomic mass is 16.4. The Hall–Kier alpha value is -1.38. The number of aromatic nitrogens is 1. The van der Waals surface area contributed by atoms with Gasteiger partial charge >= 0.3 is 5.97 Å². The third-order valence-electron chi connectivity index (χ3n) is 2.36. The van der Waals surface area contributed by atoms with Gasteiger partial charge in [-0.05, 0) is 24.1 Å². The predicted molar refractivity (Wildman–Crippen MR) is 54.3 cm³/mol. The maximum atomic E-state index is 10.7. The summed E-state index contributed by atoms with van der Waals surface area (Å²) in [5.41, 5.74) is 1.73. The van der Waals surface area contributed by atoms with Gasteiger partial charge in [-0.1, -0.05) is 13.8 Å². The minimum atomic E-state index is -0.779. The monoisotopic (exact) mass is 193 g/mol. The van der Waals surface area contributed by atoms with Crippen molar-refractivity contribution in [3.63, 3.8) is 0 Å². The molecule has 0 spiro atoms. The second-order valence-electron chi connectivity index (χ2n) is 4.14. The van der Waals surface area contributed by atoms with E-state index in [1.165, 1.54) is 0 Å². The molecule has 0 fully saturated rings. The van der Waals surface area contributed by atoms with E-state index < -0.39 is 5.97 Å². The third-order valence-corrected chi connectivity index (χ3v) is 2.36. The molecule has 3 nitrogen and oxygen atoms in total. The van der Waals surface area contributed by atoms with Crippen LogP contribution in [0.15, 0.2) is 18.5 Å². The highest BCUT2D eigenvalue weighted by Crippen LogP contribution is 2.28. The first-order chi connectivity index (χ1) is 6.43. The Morgan fingerprint density at radius 2 is 2.21 bits per heavy atom. The Morgan fingerprint density at radius 3 is 2.71 bits per heavy atom. The molecule has 76 valence electrons. The fourth-order valence-corrected chi connectivity index (χ4v) is 1.65. The van der Waals surface area contributed by atoms with Gasteiger partial charge in [-0.2, -0.15) is 0 Å². The Morgan fingerprint density at radius 1 is 1.57 bits per heavy atom. The summed E-state index contributed by atoms with van der Waals surface area (Å²) in [6, 6.07) is 1.90. The smallest absolute Gasteiger partial charge is 0.304 e. The van der Waals surface area contributed by atoms with Gasteiger partial charge in [-0.25, -0.2) is 0 Å². The molecular formula is C11H15NO2. The number of hydrogen-bond acceptors (Lipinski definition) is 2. The lowest BCUT2D eigenvalue weighted by molar-refractivity contribution is -0.138. The minimum Gasteiger partial charge on any atom is -0.481 e. The van der Waals surface area contributed by atoms with Crippen LogP contribution in [0.25, 0.3) is 0 Å². The van der Waals surface area contributed by atoms with Crippen molar-refractivity contribution in [3.05, 3.63) is 29.6 Å². The molecule has 0 atom stereocenters. The lowest BCUT2D eigenvalue weighted by Crippen LogP contribution is -2.22. The van der Waals surface area contributed by atoms with Crippen LogP contribution < -0.4 is 0 Å². The van der Waals surface area contributed by atoms with E-state index in [9.17, 15) is 4.79 Å². The van der Waals surface area contributed by atoms with Crippen LogP contribution >= 0.6 is 0 Å². The molecule has 0 saturated heterocycles. The molecule has 1 rings (SSSR count). The molecule has 0 bridgehead atoms.